The molecule has 3 aliphatic heterocycles. The summed E-state index contributed by atoms with van der Waals surface area (Å²) in [6, 6.07) is 8.38. The minimum atomic E-state index is -0.211. The normalized spacial score (nSPS) is 25.9. The second-order valence-electron chi connectivity index (χ2n) is 8.82. The van der Waals surface area contributed by atoms with E-state index in [9.17, 15) is 4.79 Å². The first-order valence-corrected chi connectivity index (χ1v) is 9.58. The van der Waals surface area contributed by atoms with Crippen LogP contribution in [-0.2, 0) is 10.2 Å². The fourth-order valence-electron chi connectivity index (χ4n) is 3.97. The van der Waals surface area contributed by atoms with Crippen molar-refractivity contribution in [2.75, 3.05) is 24.5 Å². The number of rotatable bonds is 3. The van der Waals surface area contributed by atoms with Crippen LogP contribution in [-0.4, -0.2) is 42.8 Å². The minimum Gasteiger partial charge on any atom is -0.444 e. The van der Waals surface area contributed by atoms with E-state index in [1.54, 1.807) is 4.90 Å². The average Bonchev–Trinajstić information content (AvgIpc) is 2.55. The highest BCUT2D eigenvalue weighted by molar-refractivity contribution is 5.88. The van der Waals surface area contributed by atoms with Gasteiger partial charge in [-0.25, -0.2) is 4.79 Å². The molecular weight excluding hydrogens is 312 g/mol. The van der Waals surface area contributed by atoms with Gasteiger partial charge in [0.05, 0.1) is 0 Å². The summed E-state index contributed by atoms with van der Waals surface area (Å²) in [7, 11) is 0. The first-order valence-electron chi connectivity index (χ1n) is 9.58. The van der Waals surface area contributed by atoms with Crippen molar-refractivity contribution in [3.8, 4) is 0 Å². The third-order valence-electron chi connectivity index (χ3n) is 5.57. The molecule has 3 saturated heterocycles. The number of hydrogen-bond donors (Lipinski definition) is 0. The number of hydrogen-bond acceptors (Lipinski definition) is 3. The Balaban J connectivity index is 1.73. The highest BCUT2D eigenvalue weighted by Gasteiger charge is 2.37. The Labute approximate surface area is 152 Å². The number of carbonyl (C=O) groups is 1. The molecule has 3 aliphatic rings. The topological polar surface area (TPSA) is 32.8 Å². The van der Waals surface area contributed by atoms with E-state index in [1.807, 2.05) is 26.0 Å². The highest BCUT2D eigenvalue weighted by atomic mass is 16.6. The zero-order chi connectivity index (χ0) is 18.2. The molecule has 1 unspecified atom stereocenters. The second-order valence-corrected chi connectivity index (χ2v) is 8.82. The molecule has 25 heavy (non-hydrogen) atoms. The summed E-state index contributed by atoms with van der Waals surface area (Å²) in [6.45, 7) is 13.9. The van der Waals surface area contributed by atoms with Gasteiger partial charge in [-0.3, -0.25) is 9.80 Å². The summed E-state index contributed by atoms with van der Waals surface area (Å²) >= 11 is 0. The molecule has 0 aromatic heterocycles. The third-order valence-corrected chi connectivity index (χ3v) is 5.57. The molecule has 3 heterocycles. The van der Waals surface area contributed by atoms with Crippen molar-refractivity contribution in [1.29, 1.82) is 0 Å². The Hall–Kier alpha value is -1.55. The van der Waals surface area contributed by atoms with Crippen molar-refractivity contribution in [3.63, 3.8) is 0 Å². The van der Waals surface area contributed by atoms with Crippen LogP contribution in [0.2, 0.25) is 0 Å². The molecule has 1 atom stereocenters. The summed E-state index contributed by atoms with van der Waals surface area (Å²) in [4.78, 5) is 17.1. The fourth-order valence-corrected chi connectivity index (χ4v) is 3.97. The summed E-state index contributed by atoms with van der Waals surface area (Å²) < 4.78 is 5.95. The van der Waals surface area contributed by atoms with Crippen LogP contribution < -0.4 is 4.90 Å². The maximum atomic E-state index is 12.9. The van der Waals surface area contributed by atoms with Gasteiger partial charge in [0, 0.05) is 18.3 Å². The second kappa shape index (κ2) is 6.99. The summed E-state index contributed by atoms with van der Waals surface area (Å²) in [5.41, 5.74) is 2.29. The first kappa shape index (κ1) is 18.2. The maximum Gasteiger partial charge on any atom is 0.414 e. The van der Waals surface area contributed by atoms with E-state index >= 15 is 0 Å². The predicted molar refractivity (Wildman–Crippen MR) is 102 cm³/mol. The number of anilines is 1. The van der Waals surface area contributed by atoms with Gasteiger partial charge in [0.2, 0.25) is 0 Å². The standard InChI is InChI=1S/C21H32N2O2/c1-15(2)23(18-8-6-17(7-9-18)21(3,4)5)20(24)25-19-14-22-12-10-16(19)11-13-22/h6-9,15-16,19H,10-14H2,1-5H3. The molecule has 1 amide bonds. The van der Waals surface area contributed by atoms with Crippen molar-refractivity contribution < 1.29 is 9.53 Å². The van der Waals surface area contributed by atoms with E-state index in [1.165, 1.54) is 5.56 Å². The molecule has 0 spiro atoms. The van der Waals surface area contributed by atoms with E-state index in [2.05, 4.69) is 37.8 Å². The number of amides is 1. The molecule has 3 fully saturated rings. The van der Waals surface area contributed by atoms with Crippen molar-refractivity contribution >= 4 is 11.8 Å². The summed E-state index contributed by atoms with van der Waals surface area (Å²) in [5, 5.41) is 0. The molecule has 138 valence electrons. The van der Waals surface area contributed by atoms with Crippen LogP contribution in [0, 0.1) is 5.92 Å². The van der Waals surface area contributed by atoms with Crippen molar-refractivity contribution in [2.24, 2.45) is 5.92 Å². The Morgan fingerprint density at radius 1 is 1.16 bits per heavy atom. The number of benzene rings is 1. The first-order chi connectivity index (χ1) is 11.8. The molecule has 2 bridgehead atoms. The zero-order valence-corrected chi connectivity index (χ0v) is 16.3. The smallest absolute Gasteiger partial charge is 0.414 e. The molecule has 0 aliphatic carbocycles. The van der Waals surface area contributed by atoms with Crippen LogP contribution in [0.3, 0.4) is 0 Å². The third kappa shape index (κ3) is 4.00. The molecular formula is C21H32N2O2. The van der Waals surface area contributed by atoms with Gasteiger partial charge >= 0.3 is 6.09 Å². The van der Waals surface area contributed by atoms with E-state index < -0.39 is 0 Å². The molecule has 0 N–H and O–H groups in total. The highest BCUT2D eigenvalue weighted by Crippen LogP contribution is 2.31. The van der Waals surface area contributed by atoms with Crippen LogP contribution in [0.25, 0.3) is 0 Å². The van der Waals surface area contributed by atoms with E-state index in [0.29, 0.717) is 5.92 Å². The Bertz CT molecular complexity index is 595. The molecule has 0 saturated carbocycles. The van der Waals surface area contributed by atoms with Gasteiger partial charge in [-0.05, 0) is 68.8 Å². The molecule has 4 heteroatoms. The number of nitrogens with zero attached hydrogens (tertiary/aromatic N) is 2. The number of ether oxygens (including phenoxy) is 1. The summed E-state index contributed by atoms with van der Waals surface area (Å²) in [6.07, 6.45) is 2.14. The van der Waals surface area contributed by atoms with Crippen molar-refractivity contribution in [1.82, 2.24) is 4.90 Å². The van der Waals surface area contributed by atoms with Gasteiger partial charge in [-0.15, -0.1) is 0 Å². The molecule has 1 aromatic rings. The van der Waals surface area contributed by atoms with Gasteiger partial charge in [0.1, 0.15) is 6.10 Å². The van der Waals surface area contributed by atoms with Crippen LogP contribution >= 0.6 is 0 Å². The van der Waals surface area contributed by atoms with Crippen molar-refractivity contribution in [3.05, 3.63) is 29.8 Å². The molecule has 4 rings (SSSR count). The van der Waals surface area contributed by atoms with E-state index in [0.717, 1.165) is 38.2 Å². The Kier molecular flexibility index (Phi) is 5.10. The number of carbonyl (C=O) groups excluding carboxylic acids is 1. The quantitative estimate of drug-likeness (QED) is 0.813. The maximum absolute atomic E-state index is 12.9. The SMILES string of the molecule is CC(C)N(C(=O)OC1CN2CCC1CC2)c1ccc(C(C)(C)C)cc1. The number of piperidine rings is 3. The van der Waals surface area contributed by atoms with Gasteiger partial charge in [-0.2, -0.15) is 0 Å². The van der Waals surface area contributed by atoms with Crippen LogP contribution in [0.5, 0.6) is 0 Å². The summed E-state index contributed by atoms with van der Waals surface area (Å²) in [5.74, 6) is 0.534. The van der Waals surface area contributed by atoms with Crippen LogP contribution in [0.15, 0.2) is 24.3 Å². The Morgan fingerprint density at radius 3 is 2.20 bits per heavy atom. The fraction of sp³-hybridized carbons (Fsp3) is 0.667. The average molecular weight is 344 g/mol. The predicted octanol–water partition coefficient (Wildman–Crippen LogP) is 4.43. The van der Waals surface area contributed by atoms with Gasteiger partial charge in [0.15, 0.2) is 0 Å². The minimum absolute atomic E-state index is 0.0464. The van der Waals surface area contributed by atoms with Crippen LogP contribution in [0.4, 0.5) is 10.5 Å². The monoisotopic (exact) mass is 344 g/mol. The number of fused-ring (bicyclic) bond motifs is 3. The Morgan fingerprint density at radius 2 is 1.76 bits per heavy atom. The van der Waals surface area contributed by atoms with Gasteiger partial charge in [-0.1, -0.05) is 32.9 Å². The van der Waals surface area contributed by atoms with Gasteiger partial charge in [0.25, 0.3) is 0 Å². The van der Waals surface area contributed by atoms with E-state index in [-0.39, 0.29) is 23.7 Å². The largest absolute Gasteiger partial charge is 0.444 e. The van der Waals surface area contributed by atoms with Crippen molar-refractivity contribution in [2.45, 2.75) is 65.0 Å². The lowest BCUT2D eigenvalue weighted by Gasteiger charge is -2.44. The van der Waals surface area contributed by atoms with Gasteiger partial charge < -0.3 is 4.74 Å². The zero-order valence-electron chi connectivity index (χ0n) is 16.3. The van der Waals surface area contributed by atoms with Crippen LogP contribution in [0.1, 0.15) is 53.0 Å². The lowest BCUT2D eigenvalue weighted by atomic mass is 9.86. The molecule has 0 radical (unpaired) electrons. The lowest BCUT2D eigenvalue weighted by molar-refractivity contribution is -0.0313. The molecule has 1 aromatic carbocycles. The lowest BCUT2D eigenvalue weighted by Crippen LogP contribution is -2.53. The van der Waals surface area contributed by atoms with E-state index in [4.69, 9.17) is 4.74 Å². The molecule has 4 nitrogen and oxygen atoms in total.